The molecule has 0 radical (unpaired) electrons. The first-order chi connectivity index (χ1) is 17.5. The molecule has 0 bridgehead atoms. The smallest absolute Gasteiger partial charge is 0.258 e. The molecule has 2 saturated carbocycles. The Balaban J connectivity index is 0.00000176. The van der Waals surface area contributed by atoms with Crippen LogP contribution in [0.1, 0.15) is 68.7 Å². The van der Waals surface area contributed by atoms with Crippen LogP contribution in [0.2, 0.25) is 0 Å². The van der Waals surface area contributed by atoms with Crippen molar-refractivity contribution >= 4 is 37.3 Å². The van der Waals surface area contributed by atoms with Crippen molar-refractivity contribution in [3.63, 3.8) is 0 Å². The molecule has 2 aromatic rings. The number of fused-ring (bicyclic) bond motifs is 2. The number of carbonyl (C=O) groups is 1. The molecule has 1 amide bonds. The van der Waals surface area contributed by atoms with Crippen molar-refractivity contribution < 1.29 is 27.8 Å². The van der Waals surface area contributed by atoms with Crippen molar-refractivity contribution in [3.05, 3.63) is 53.6 Å². The molecular formula is C27H36FN3O5S2. The first kappa shape index (κ1) is 27.1. The Kier molecular flexibility index (Phi) is 6.63. The largest absolute Gasteiger partial charge is 0.307 e. The van der Waals surface area contributed by atoms with Gasteiger partial charge in [-0.15, -0.1) is 0 Å². The van der Waals surface area contributed by atoms with Crippen LogP contribution in [-0.2, 0) is 25.5 Å². The average molecular weight is 566 g/mol. The number of nitrogens with zero attached hydrogens (tertiary/aromatic N) is 2. The second-order valence-corrected chi connectivity index (χ2v) is 15.1. The van der Waals surface area contributed by atoms with Gasteiger partial charge in [0.05, 0.1) is 11.2 Å². The van der Waals surface area contributed by atoms with Crippen LogP contribution in [0.5, 0.6) is 0 Å². The number of amides is 1. The molecule has 4 aliphatic rings. The summed E-state index contributed by atoms with van der Waals surface area (Å²) in [5.74, 6) is -0.230. The fraction of sp³-hybridized carbons (Fsp3) is 0.519. The Labute approximate surface area is 225 Å². The molecular weight excluding hydrogens is 529 g/mol. The highest BCUT2D eigenvalue weighted by molar-refractivity contribution is 7.92. The maximum atomic E-state index is 13.9. The maximum Gasteiger partial charge on any atom is 0.258 e. The molecule has 8 nitrogen and oxygen atoms in total. The van der Waals surface area contributed by atoms with Crippen LogP contribution >= 0.6 is 0 Å². The monoisotopic (exact) mass is 565 g/mol. The molecule has 2 heterocycles. The summed E-state index contributed by atoms with van der Waals surface area (Å²) in [4.78, 5) is 15.8. The molecule has 2 aliphatic carbocycles. The number of nitrogens with one attached hydrogen (secondary N) is 1. The van der Waals surface area contributed by atoms with E-state index in [9.17, 15) is 21.6 Å². The predicted molar refractivity (Wildman–Crippen MR) is 147 cm³/mol. The van der Waals surface area contributed by atoms with Crippen molar-refractivity contribution in [3.8, 4) is 0 Å². The van der Waals surface area contributed by atoms with Gasteiger partial charge in [-0.25, -0.2) is 16.8 Å². The van der Waals surface area contributed by atoms with E-state index in [1.807, 2.05) is 12.1 Å². The first-order valence-corrected chi connectivity index (χ1v) is 16.4. The van der Waals surface area contributed by atoms with Gasteiger partial charge in [0, 0.05) is 43.4 Å². The second-order valence-electron chi connectivity index (χ2n) is 11.4. The molecule has 38 heavy (non-hydrogen) atoms. The van der Waals surface area contributed by atoms with Gasteiger partial charge in [-0.2, -0.15) is 4.31 Å². The number of sulfonamides is 2. The lowest BCUT2D eigenvalue weighted by Crippen LogP contribution is -2.40. The highest BCUT2D eigenvalue weighted by atomic mass is 32.2. The first-order valence-electron chi connectivity index (χ1n) is 13.1. The second kappa shape index (κ2) is 9.31. The Bertz CT molecular complexity index is 1480. The van der Waals surface area contributed by atoms with Crippen LogP contribution in [0, 0.1) is 5.41 Å². The summed E-state index contributed by atoms with van der Waals surface area (Å²) in [5.41, 5.74) is 2.86. The Morgan fingerprint density at radius 3 is 2.21 bits per heavy atom. The van der Waals surface area contributed by atoms with E-state index in [0.29, 0.717) is 36.3 Å². The zero-order valence-electron chi connectivity index (χ0n) is 21.5. The lowest BCUT2D eigenvalue weighted by molar-refractivity contribution is 0.0980. The number of benzene rings is 2. The van der Waals surface area contributed by atoms with Gasteiger partial charge in [-0.1, -0.05) is 6.07 Å². The van der Waals surface area contributed by atoms with Crippen LogP contribution in [0.4, 0.5) is 16.1 Å². The topological polar surface area (TPSA) is 104 Å². The van der Waals surface area contributed by atoms with Gasteiger partial charge in [-0.3, -0.25) is 14.2 Å². The molecule has 2 aromatic carbocycles. The average Bonchev–Trinajstić information content (AvgIpc) is 3.27. The number of halogens is 1. The minimum absolute atomic E-state index is 0. The van der Waals surface area contributed by atoms with Crippen LogP contribution in [0.15, 0.2) is 47.4 Å². The van der Waals surface area contributed by atoms with Gasteiger partial charge < -0.3 is 4.90 Å². The number of hydrogen-bond acceptors (Lipinski definition) is 5. The number of carbonyl (C=O) groups excluding carboxylic acids is 1. The zero-order valence-corrected chi connectivity index (χ0v) is 23.1. The third-order valence-electron chi connectivity index (χ3n) is 8.88. The van der Waals surface area contributed by atoms with E-state index in [4.69, 9.17) is 0 Å². The van der Waals surface area contributed by atoms with E-state index in [1.54, 1.807) is 29.2 Å². The maximum absolute atomic E-state index is 13.9. The third kappa shape index (κ3) is 4.73. The van der Waals surface area contributed by atoms with Crippen molar-refractivity contribution in [2.45, 2.75) is 61.7 Å². The standard InChI is InChI=1S/C27H33N3O5S2.FH.H2/c1-36(32,33)28-21-7-8-24-23(18-21)27(13-11-26(9-10-26)12-14-27)19-30(24)25(31)20-5-4-6-22(17-20)37(34,35)29-15-2-3-16-29;;/h4-8,17-18,28H,2-3,9-16,19H2,1H3;2*1H. The lowest BCUT2D eigenvalue weighted by atomic mass is 9.66. The summed E-state index contributed by atoms with van der Waals surface area (Å²) >= 11 is 0. The van der Waals surface area contributed by atoms with Gasteiger partial charge in [-0.05, 0) is 98.7 Å². The quantitative estimate of drug-likeness (QED) is 0.575. The molecule has 1 saturated heterocycles. The van der Waals surface area contributed by atoms with E-state index >= 15 is 0 Å². The minimum Gasteiger partial charge on any atom is -0.307 e. The van der Waals surface area contributed by atoms with E-state index in [-0.39, 0.29) is 22.3 Å². The summed E-state index contributed by atoms with van der Waals surface area (Å²) < 4.78 is 54.1. The molecule has 0 unspecified atom stereocenters. The highest BCUT2D eigenvalue weighted by Gasteiger charge is 2.53. The molecule has 0 aromatic heterocycles. The van der Waals surface area contributed by atoms with Gasteiger partial charge in [0.25, 0.3) is 5.91 Å². The van der Waals surface area contributed by atoms with Crippen molar-refractivity contribution in [2.24, 2.45) is 5.41 Å². The summed E-state index contributed by atoms with van der Waals surface area (Å²) in [5, 5.41) is 0. The molecule has 0 atom stereocenters. The van der Waals surface area contributed by atoms with Gasteiger partial charge >= 0.3 is 0 Å². The molecule has 2 aliphatic heterocycles. The molecule has 2 spiro atoms. The number of anilines is 2. The number of hydrogen-bond donors (Lipinski definition) is 1. The SMILES string of the molecule is CS(=O)(=O)Nc1ccc2c(c1)C1(CCC3(CC3)CC1)CN2C(=O)c1cccc(S(=O)(=O)N2CCCC2)c1.F.[HH]. The number of rotatable bonds is 5. The molecule has 3 fully saturated rings. The highest BCUT2D eigenvalue weighted by Crippen LogP contribution is 2.62. The van der Waals surface area contributed by atoms with Crippen molar-refractivity contribution in [1.82, 2.24) is 4.31 Å². The van der Waals surface area contributed by atoms with Crippen molar-refractivity contribution in [2.75, 3.05) is 35.5 Å². The Morgan fingerprint density at radius 2 is 1.58 bits per heavy atom. The molecule has 11 heteroatoms. The Hall–Kier alpha value is -2.50. The van der Waals surface area contributed by atoms with E-state index in [1.165, 1.54) is 23.2 Å². The summed E-state index contributed by atoms with van der Waals surface area (Å²) in [6.45, 7) is 1.53. The van der Waals surface area contributed by atoms with Crippen LogP contribution < -0.4 is 9.62 Å². The summed E-state index contributed by atoms with van der Waals surface area (Å²) in [6, 6.07) is 11.8. The van der Waals surface area contributed by atoms with Crippen molar-refractivity contribution in [1.29, 1.82) is 0 Å². The van der Waals surface area contributed by atoms with Crippen LogP contribution in [-0.4, -0.2) is 52.9 Å². The van der Waals surface area contributed by atoms with E-state index < -0.39 is 20.0 Å². The fourth-order valence-electron chi connectivity index (χ4n) is 6.51. The predicted octanol–water partition coefficient (Wildman–Crippen LogP) is 4.49. The summed E-state index contributed by atoms with van der Waals surface area (Å²) in [6.07, 6.45) is 9.50. The van der Waals surface area contributed by atoms with Crippen LogP contribution in [0.25, 0.3) is 0 Å². The van der Waals surface area contributed by atoms with Crippen LogP contribution in [0.3, 0.4) is 0 Å². The Morgan fingerprint density at radius 1 is 0.921 bits per heavy atom. The van der Waals surface area contributed by atoms with Gasteiger partial charge in [0.1, 0.15) is 0 Å². The third-order valence-corrected chi connectivity index (χ3v) is 11.4. The fourth-order valence-corrected chi connectivity index (χ4v) is 8.63. The zero-order chi connectivity index (χ0) is 26.1. The van der Waals surface area contributed by atoms with Gasteiger partial charge in [0.2, 0.25) is 20.0 Å². The van der Waals surface area contributed by atoms with Gasteiger partial charge in [0.15, 0.2) is 0 Å². The molecule has 1 N–H and O–H groups in total. The normalized spacial score (nSPS) is 21.8. The van der Waals surface area contributed by atoms with E-state index in [2.05, 4.69) is 4.72 Å². The molecule has 208 valence electrons. The van der Waals surface area contributed by atoms with E-state index in [0.717, 1.165) is 56.0 Å². The summed E-state index contributed by atoms with van der Waals surface area (Å²) in [7, 11) is -7.07. The lowest BCUT2D eigenvalue weighted by Gasteiger charge is -2.38. The minimum atomic E-state index is -3.64. The molecule has 6 rings (SSSR count).